The lowest BCUT2D eigenvalue weighted by Crippen LogP contribution is -2.32. The van der Waals surface area contributed by atoms with Gasteiger partial charge in [-0.3, -0.25) is 4.90 Å². The third-order valence-electron chi connectivity index (χ3n) is 1.54. The maximum atomic E-state index is 8.48. The Hall–Kier alpha value is -0.240. The molecule has 0 fully saturated rings. The molecule has 0 radical (unpaired) electrons. The molecule has 6 heteroatoms. The maximum Gasteiger partial charge on any atom is 0.0558 e. The largest absolute Gasteiger partial charge is 0.412 e. The summed E-state index contributed by atoms with van der Waals surface area (Å²) in [4.78, 5) is 1.79. The number of hydrogen-bond donors (Lipinski definition) is 4. The molecule has 0 heterocycles. The van der Waals surface area contributed by atoms with Crippen molar-refractivity contribution in [3.8, 4) is 0 Å². The molecule has 0 saturated carbocycles. The van der Waals surface area contributed by atoms with Crippen molar-refractivity contribution in [1.82, 2.24) is 4.90 Å². The standard InChI is InChI=1S/C6H15NO3.C3H9N.H2O/c8-4-1-7(2-5-9)3-6-10;1-2-3-4;/h8-10H,1-6H2;2-4H2,1H3;1H2. The number of aliphatic hydroxyl groups excluding tert-OH is 3. The number of rotatable bonds is 7. The second-order valence-electron chi connectivity index (χ2n) is 2.80. The molecule has 6 nitrogen and oxygen atoms in total. The fourth-order valence-corrected chi connectivity index (χ4v) is 0.760. The van der Waals surface area contributed by atoms with E-state index >= 15 is 0 Å². The average Bonchev–Trinajstić information content (AvgIpc) is 2.20. The third-order valence-corrected chi connectivity index (χ3v) is 1.54. The van der Waals surface area contributed by atoms with Crippen LogP contribution < -0.4 is 5.73 Å². The first-order valence-corrected chi connectivity index (χ1v) is 5.01. The van der Waals surface area contributed by atoms with Gasteiger partial charge in [0.2, 0.25) is 0 Å². The minimum absolute atomic E-state index is 0. The molecule has 0 spiro atoms. The van der Waals surface area contributed by atoms with Gasteiger partial charge in [0.25, 0.3) is 0 Å². The zero-order chi connectivity index (χ0) is 11.2. The van der Waals surface area contributed by atoms with Gasteiger partial charge in [0.1, 0.15) is 0 Å². The van der Waals surface area contributed by atoms with Crippen LogP contribution in [0.3, 0.4) is 0 Å². The Balaban J connectivity index is -0.000000249. The highest BCUT2D eigenvalue weighted by Crippen LogP contribution is 1.84. The van der Waals surface area contributed by atoms with Crippen molar-refractivity contribution in [1.29, 1.82) is 0 Å². The number of hydrogen-bond acceptors (Lipinski definition) is 5. The zero-order valence-corrected chi connectivity index (χ0v) is 9.52. The molecule has 0 aromatic rings. The Morgan fingerprint density at radius 2 is 1.20 bits per heavy atom. The predicted octanol–water partition coefficient (Wildman–Crippen LogP) is -2.20. The molecule has 0 amide bonds. The summed E-state index contributed by atoms with van der Waals surface area (Å²) in [5, 5.41) is 25.5. The summed E-state index contributed by atoms with van der Waals surface area (Å²) in [5.74, 6) is 0. The van der Waals surface area contributed by atoms with Gasteiger partial charge in [-0.25, -0.2) is 0 Å². The molecule has 96 valence electrons. The Morgan fingerprint density at radius 1 is 0.933 bits per heavy atom. The summed E-state index contributed by atoms with van der Waals surface area (Å²) in [6.07, 6.45) is 1.10. The maximum absolute atomic E-state index is 8.48. The molecule has 0 atom stereocenters. The molecule has 0 rings (SSSR count). The van der Waals surface area contributed by atoms with Crippen LogP contribution in [-0.2, 0) is 0 Å². The van der Waals surface area contributed by atoms with E-state index in [1.54, 1.807) is 4.90 Å². The minimum atomic E-state index is 0. The van der Waals surface area contributed by atoms with E-state index in [-0.39, 0.29) is 25.3 Å². The van der Waals surface area contributed by atoms with Gasteiger partial charge < -0.3 is 26.5 Å². The predicted molar refractivity (Wildman–Crippen MR) is 60.7 cm³/mol. The molecule has 0 bridgehead atoms. The van der Waals surface area contributed by atoms with Crippen molar-refractivity contribution >= 4 is 0 Å². The second-order valence-corrected chi connectivity index (χ2v) is 2.80. The quantitative estimate of drug-likeness (QED) is 0.392. The average molecular weight is 226 g/mol. The van der Waals surface area contributed by atoms with E-state index in [0.29, 0.717) is 19.6 Å². The molecule has 7 N–H and O–H groups in total. The van der Waals surface area contributed by atoms with Gasteiger partial charge >= 0.3 is 0 Å². The van der Waals surface area contributed by atoms with Gasteiger partial charge in [-0.15, -0.1) is 0 Å². The van der Waals surface area contributed by atoms with Crippen LogP contribution in [0.2, 0.25) is 0 Å². The van der Waals surface area contributed by atoms with Gasteiger partial charge in [-0.2, -0.15) is 0 Å². The Bertz CT molecular complexity index is 79.9. The van der Waals surface area contributed by atoms with E-state index in [2.05, 4.69) is 6.92 Å². The third kappa shape index (κ3) is 20.0. The van der Waals surface area contributed by atoms with Crippen molar-refractivity contribution < 1.29 is 20.8 Å². The van der Waals surface area contributed by atoms with Crippen molar-refractivity contribution in [2.75, 3.05) is 46.0 Å². The highest BCUT2D eigenvalue weighted by atomic mass is 16.3. The van der Waals surface area contributed by atoms with E-state index in [4.69, 9.17) is 21.1 Å². The molecular formula is C9H26N2O4. The van der Waals surface area contributed by atoms with Crippen LogP contribution in [0.15, 0.2) is 0 Å². The smallest absolute Gasteiger partial charge is 0.0558 e. The van der Waals surface area contributed by atoms with E-state index in [1.807, 2.05) is 0 Å². The van der Waals surface area contributed by atoms with Crippen LogP contribution in [0, 0.1) is 0 Å². The Morgan fingerprint density at radius 3 is 1.33 bits per heavy atom. The fraction of sp³-hybridized carbons (Fsp3) is 1.00. The molecule has 15 heavy (non-hydrogen) atoms. The molecule has 0 aromatic carbocycles. The molecule has 0 aromatic heterocycles. The van der Waals surface area contributed by atoms with Crippen LogP contribution in [-0.4, -0.2) is 71.7 Å². The van der Waals surface area contributed by atoms with Crippen LogP contribution >= 0.6 is 0 Å². The van der Waals surface area contributed by atoms with Gasteiger partial charge in [-0.05, 0) is 13.0 Å². The normalized spacial score (nSPS) is 9.20. The Kier molecular flexibility index (Phi) is 26.1. The van der Waals surface area contributed by atoms with Crippen LogP contribution in [0.25, 0.3) is 0 Å². The monoisotopic (exact) mass is 226 g/mol. The first-order chi connectivity index (χ1) is 6.76. The van der Waals surface area contributed by atoms with Crippen molar-refractivity contribution in [3.05, 3.63) is 0 Å². The summed E-state index contributed by atoms with van der Waals surface area (Å²) in [5.41, 5.74) is 5.03. The van der Waals surface area contributed by atoms with Crippen LogP contribution in [0.4, 0.5) is 0 Å². The van der Waals surface area contributed by atoms with Gasteiger partial charge in [0.05, 0.1) is 19.8 Å². The molecule has 0 unspecified atom stereocenters. The summed E-state index contributed by atoms with van der Waals surface area (Å²) in [6, 6.07) is 0. The van der Waals surface area contributed by atoms with E-state index < -0.39 is 0 Å². The highest BCUT2D eigenvalue weighted by Gasteiger charge is 2.00. The zero-order valence-electron chi connectivity index (χ0n) is 9.52. The molecule has 0 aliphatic carbocycles. The molecule has 0 aliphatic rings. The summed E-state index contributed by atoms with van der Waals surface area (Å²) in [7, 11) is 0. The van der Waals surface area contributed by atoms with Gasteiger partial charge in [0, 0.05) is 19.6 Å². The van der Waals surface area contributed by atoms with Gasteiger partial charge in [-0.1, -0.05) is 6.92 Å². The second kappa shape index (κ2) is 19.4. The summed E-state index contributed by atoms with van der Waals surface area (Å²) < 4.78 is 0. The van der Waals surface area contributed by atoms with Crippen LogP contribution in [0.1, 0.15) is 13.3 Å². The number of aliphatic hydroxyl groups is 3. The first kappa shape index (κ1) is 20.2. The minimum Gasteiger partial charge on any atom is -0.412 e. The summed E-state index contributed by atoms with van der Waals surface area (Å²) >= 11 is 0. The molecular weight excluding hydrogens is 200 g/mol. The SMILES string of the molecule is CCCN.O.OCCN(CCO)CCO. The van der Waals surface area contributed by atoms with E-state index in [1.165, 1.54) is 0 Å². The van der Waals surface area contributed by atoms with Crippen molar-refractivity contribution in [2.24, 2.45) is 5.73 Å². The lowest BCUT2D eigenvalue weighted by molar-refractivity contribution is 0.136. The molecule has 0 saturated heterocycles. The van der Waals surface area contributed by atoms with Crippen molar-refractivity contribution in [2.45, 2.75) is 13.3 Å². The number of nitrogens with two attached hydrogens (primary N) is 1. The summed E-state index contributed by atoms with van der Waals surface area (Å²) in [6.45, 7) is 4.63. The van der Waals surface area contributed by atoms with E-state index in [9.17, 15) is 0 Å². The van der Waals surface area contributed by atoms with Gasteiger partial charge in [0.15, 0.2) is 0 Å². The van der Waals surface area contributed by atoms with Crippen LogP contribution in [0.5, 0.6) is 0 Å². The van der Waals surface area contributed by atoms with E-state index in [0.717, 1.165) is 13.0 Å². The topological polar surface area (TPSA) is 121 Å². The van der Waals surface area contributed by atoms with Crippen molar-refractivity contribution in [3.63, 3.8) is 0 Å². The first-order valence-electron chi connectivity index (χ1n) is 5.01. The molecule has 0 aliphatic heterocycles. The number of nitrogens with zero attached hydrogens (tertiary/aromatic N) is 1. The highest BCUT2D eigenvalue weighted by molar-refractivity contribution is 4.54. The lowest BCUT2D eigenvalue weighted by atomic mass is 10.4. The Labute approximate surface area is 91.6 Å². The lowest BCUT2D eigenvalue weighted by Gasteiger charge is -2.17. The fourth-order valence-electron chi connectivity index (χ4n) is 0.760.